The lowest BCUT2D eigenvalue weighted by Gasteiger charge is -2.28. The number of ether oxygens (including phenoxy) is 2. The van der Waals surface area contributed by atoms with Crippen molar-refractivity contribution in [3.63, 3.8) is 0 Å². The zero-order valence-corrected chi connectivity index (χ0v) is 12.8. The van der Waals surface area contributed by atoms with Gasteiger partial charge in [0.25, 0.3) is 0 Å². The Labute approximate surface area is 133 Å². The van der Waals surface area contributed by atoms with Crippen molar-refractivity contribution in [1.82, 2.24) is 0 Å². The van der Waals surface area contributed by atoms with Gasteiger partial charge >= 0.3 is 0 Å². The van der Waals surface area contributed by atoms with Crippen molar-refractivity contribution in [3.8, 4) is 22.6 Å². The summed E-state index contributed by atoms with van der Waals surface area (Å²) in [6, 6.07) is 8.04. The van der Waals surface area contributed by atoms with Crippen LogP contribution in [-0.4, -0.2) is 26.3 Å². The maximum Gasteiger partial charge on any atom is 0.146 e. The molecule has 3 N–H and O–H groups in total. The van der Waals surface area contributed by atoms with E-state index in [1.807, 2.05) is 0 Å². The van der Waals surface area contributed by atoms with Crippen LogP contribution in [0.25, 0.3) is 11.1 Å². The normalized spacial score (nSPS) is 16.5. The Bertz CT molecular complexity index is 709. The summed E-state index contributed by atoms with van der Waals surface area (Å²) in [7, 11) is 1.57. The van der Waals surface area contributed by atoms with Gasteiger partial charge in [0, 0.05) is 23.7 Å². The van der Waals surface area contributed by atoms with E-state index in [9.17, 15) is 4.39 Å². The van der Waals surface area contributed by atoms with Crippen LogP contribution in [-0.2, 0) is 0 Å². The molecule has 1 aliphatic rings. The number of nitrogens with one attached hydrogen (secondary N) is 1. The minimum atomic E-state index is -0.381. The second-order valence-corrected chi connectivity index (χ2v) is 5.47. The number of benzene rings is 2. The average molecular weight is 323 g/mol. The zero-order valence-electron chi connectivity index (χ0n) is 12.0. The second kappa shape index (κ2) is 6.02. The fourth-order valence-electron chi connectivity index (χ4n) is 2.46. The maximum absolute atomic E-state index is 13.9. The summed E-state index contributed by atoms with van der Waals surface area (Å²) in [4.78, 5) is 0. The molecular formula is C16H16ClFN2O2. The smallest absolute Gasteiger partial charge is 0.146 e. The highest BCUT2D eigenvalue weighted by molar-refractivity contribution is 6.33. The third-order valence-electron chi connectivity index (χ3n) is 3.61. The quantitative estimate of drug-likeness (QED) is 0.910. The fraction of sp³-hybridized carbons (Fsp3) is 0.250. The van der Waals surface area contributed by atoms with Gasteiger partial charge in [0.1, 0.15) is 23.9 Å². The molecule has 0 bridgehead atoms. The molecule has 22 heavy (non-hydrogen) atoms. The van der Waals surface area contributed by atoms with Crippen LogP contribution in [0.1, 0.15) is 0 Å². The number of halogens is 2. The number of hydrogen-bond acceptors (Lipinski definition) is 4. The number of rotatable bonds is 3. The van der Waals surface area contributed by atoms with Crippen molar-refractivity contribution in [2.24, 2.45) is 5.73 Å². The van der Waals surface area contributed by atoms with Gasteiger partial charge in [-0.3, -0.25) is 0 Å². The first-order valence-corrected chi connectivity index (χ1v) is 7.27. The van der Waals surface area contributed by atoms with E-state index in [0.717, 1.165) is 0 Å². The van der Waals surface area contributed by atoms with E-state index in [4.69, 9.17) is 26.8 Å². The first-order chi connectivity index (χ1) is 10.6. The van der Waals surface area contributed by atoms with Gasteiger partial charge in [-0.15, -0.1) is 0 Å². The third-order valence-corrected chi connectivity index (χ3v) is 3.92. The third kappa shape index (κ3) is 2.69. The lowest BCUT2D eigenvalue weighted by Crippen LogP contribution is -2.38. The summed E-state index contributed by atoms with van der Waals surface area (Å²) in [6.07, 6.45) is 0. The first-order valence-electron chi connectivity index (χ1n) is 6.89. The summed E-state index contributed by atoms with van der Waals surface area (Å²) in [6.45, 7) is 0.829. The van der Waals surface area contributed by atoms with Crippen LogP contribution < -0.4 is 20.5 Å². The van der Waals surface area contributed by atoms with E-state index >= 15 is 0 Å². The highest BCUT2D eigenvalue weighted by Crippen LogP contribution is 2.42. The van der Waals surface area contributed by atoms with Crippen LogP contribution in [0.15, 0.2) is 30.3 Å². The van der Waals surface area contributed by atoms with Crippen molar-refractivity contribution in [1.29, 1.82) is 0 Å². The summed E-state index contributed by atoms with van der Waals surface area (Å²) < 4.78 is 24.6. The van der Waals surface area contributed by atoms with Gasteiger partial charge in [-0.2, -0.15) is 0 Å². The molecule has 0 radical (unpaired) electrons. The summed E-state index contributed by atoms with van der Waals surface area (Å²) in [5.41, 5.74) is 7.73. The molecule has 2 aromatic carbocycles. The summed E-state index contributed by atoms with van der Waals surface area (Å²) in [5.74, 6) is 0.725. The fourth-order valence-corrected chi connectivity index (χ4v) is 2.73. The Morgan fingerprint density at radius 2 is 2.18 bits per heavy atom. The lowest BCUT2D eigenvalue weighted by molar-refractivity contribution is 0.285. The zero-order chi connectivity index (χ0) is 15.7. The standard InChI is InChI=1S/C16H16ClFN2O2/c1-21-11-2-3-12(14(17)6-11)13-4-9(18)5-15-16(13)20-10(7-19)8-22-15/h2-6,10,20H,7-8,19H2,1H3. The molecule has 6 heteroatoms. The van der Waals surface area contributed by atoms with Crippen molar-refractivity contribution in [3.05, 3.63) is 41.2 Å². The van der Waals surface area contributed by atoms with Gasteiger partial charge in [0.05, 0.1) is 23.9 Å². The number of nitrogens with two attached hydrogens (primary N) is 1. The summed E-state index contributed by atoms with van der Waals surface area (Å²) in [5, 5.41) is 3.77. The molecule has 1 aliphatic heterocycles. The van der Waals surface area contributed by atoms with Gasteiger partial charge in [0.15, 0.2) is 0 Å². The largest absolute Gasteiger partial charge is 0.497 e. The molecule has 4 nitrogen and oxygen atoms in total. The predicted molar refractivity (Wildman–Crippen MR) is 85.4 cm³/mol. The molecule has 0 amide bonds. The molecule has 0 aliphatic carbocycles. The van der Waals surface area contributed by atoms with Crippen molar-refractivity contribution in [2.75, 3.05) is 25.6 Å². The van der Waals surface area contributed by atoms with E-state index in [2.05, 4.69) is 5.32 Å². The van der Waals surface area contributed by atoms with E-state index < -0.39 is 0 Å². The van der Waals surface area contributed by atoms with Gasteiger partial charge in [-0.25, -0.2) is 4.39 Å². The molecule has 1 unspecified atom stereocenters. The van der Waals surface area contributed by atoms with Crippen LogP contribution in [0.2, 0.25) is 5.02 Å². The van der Waals surface area contributed by atoms with E-state index in [1.54, 1.807) is 25.3 Å². The molecule has 1 heterocycles. The molecular weight excluding hydrogens is 307 g/mol. The van der Waals surface area contributed by atoms with Gasteiger partial charge < -0.3 is 20.5 Å². The topological polar surface area (TPSA) is 56.5 Å². The Balaban J connectivity index is 2.13. The average Bonchev–Trinajstić information content (AvgIpc) is 2.53. The van der Waals surface area contributed by atoms with Crippen LogP contribution in [0, 0.1) is 5.82 Å². The van der Waals surface area contributed by atoms with Gasteiger partial charge in [-0.1, -0.05) is 11.6 Å². The Hall–Kier alpha value is -1.98. The summed E-state index contributed by atoms with van der Waals surface area (Å²) >= 11 is 6.31. The van der Waals surface area contributed by atoms with E-state index in [0.29, 0.717) is 46.5 Å². The van der Waals surface area contributed by atoms with Crippen LogP contribution in [0.4, 0.5) is 10.1 Å². The second-order valence-electron chi connectivity index (χ2n) is 5.06. The Kier molecular flexibility index (Phi) is 4.09. The molecule has 1 atom stereocenters. The highest BCUT2D eigenvalue weighted by Gasteiger charge is 2.23. The molecule has 0 saturated carbocycles. The molecule has 0 aromatic heterocycles. The lowest BCUT2D eigenvalue weighted by atomic mass is 10.0. The first kappa shape index (κ1) is 14.9. The Morgan fingerprint density at radius 1 is 1.36 bits per heavy atom. The minimum absolute atomic E-state index is 0.0197. The molecule has 3 rings (SSSR count). The molecule has 2 aromatic rings. The van der Waals surface area contributed by atoms with E-state index in [1.165, 1.54) is 12.1 Å². The van der Waals surface area contributed by atoms with Crippen LogP contribution in [0.5, 0.6) is 11.5 Å². The SMILES string of the molecule is COc1ccc(-c2cc(F)cc3c2NC(CN)CO3)c(Cl)c1. The maximum atomic E-state index is 13.9. The van der Waals surface area contributed by atoms with Crippen molar-refractivity contribution >= 4 is 17.3 Å². The highest BCUT2D eigenvalue weighted by atomic mass is 35.5. The molecule has 116 valence electrons. The number of methoxy groups -OCH3 is 1. The van der Waals surface area contributed by atoms with E-state index in [-0.39, 0.29) is 11.9 Å². The van der Waals surface area contributed by atoms with Crippen LogP contribution in [0.3, 0.4) is 0 Å². The molecule has 0 spiro atoms. The van der Waals surface area contributed by atoms with Gasteiger partial charge in [-0.05, 0) is 24.3 Å². The Morgan fingerprint density at radius 3 is 2.86 bits per heavy atom. The molecule has 0 fully saturated rings. The van der Waals surface area contributed by atoms with Crippen LogP contribution >= 0.6 is 11.6 Å². The number of hydrogen-bond donors (Lipinski definition) is 2. The van der Waals surface area contributed by atoms with Crippen molar-refractivity contribution < 1.29 is 13.9 Å². The monoisotopic (exact) mass is 322 g/mol. The minimum Gasteiger partial charge on any atom is -0.497 e. The van der Waals surface area contributed by atoms with Crippen molar-refractivity contribution in [2.45, 2.75) is 6.04 Å². The number of fused-ring (bicyclic) bond motifs is 1. The molecule has 0 saturated heterocycles. The van der Waals surface area contributed by atoms with Gasteiger partial charge in [0.2, 0.25) is 0 Å². The predicted octanol–water partition coefficient (Wildman–Crippen LogP) is 3.29. The number of anilines is 1.